The Morgan fingerprint density at radius 2 is 2.16 bits per heavy atom. The van der Waals surface area contributed by atoms with Crippen molar-refractivity contribution in [2.75, 3.05) is 19.3 Å². The van der Waals surface area contributed by atoms with Crippen LogP contribution in [0.1, 0.15) is 24.5 Å². The second-order valence-electron chi connectivity index (χ2n) is 4.65. The molecule has 0 fully saturated rings. The Hall–Kier alpha value is -2.45. The topological polar surface area (TPSA) is 134 Å². The van der Waals surface area contributed by atoms with Gasteiger partial charge in [-0.25, -0.2) is 9.88 Å². The van der Waals surface area contributed by atoms with Crippen molar-refractivity contribution in [3.63, 3.8) is 0 Å². The molecule has 11 heteroatoms. The number of nitrogens with one attached hydrogen (secondary N) is 3. The van der Waals surface area contributed by atoms with Gasteiger partial charge in [0, 0.05) is 44.3 Å². The Kier molecular flexibility index (Phi) is 8.59. The van der Waals surface area contributed by atoms with E-state index in [-0.39, 0.29) is 5.84 Å². The number of imide groups is 1. The van der Waals surface area contributed by atoms with E-state index in [0.29, 0.717) is 23.3 Å². The van der Waals surface area contributed by atoms with Crippen molar-refractivity contribution in [1.82, 2.24) is 20.5 Å². The summed E-state index contributed by atoms with van der Waals surface area (Å²) < 4.78 is 0. The number of aliphatic imine (C=N–C) groups is 1. The number of amidine groups is 1. The first kappa shape index (κ1) is 20.6. The van der Waals surface area contributed by atoms with Gasteiger partial charge in [0.2, 0.25) is 17.8 Å². The molecule has 0 spiro atoms. The van der Waals surface area contributed by atoms with Crippen LogP contribution in [-0.2, 0) is 15.3 Å². The fraction of sp³-hybridized carbons (Fsp3) is 0.429. The molecule has 1 rings (SSSR count). The van der Waals surface area contributed by atoms with Crippen molar-refractivity contribution in [3.05, 3.63) is 16.1 Å². The van der Waals surface area contributed by atoms with Gasteiger partial charge >= 0.3 is 0 Å². The summed E-state index contributed by atoms with van der Waals surface area (Å²) in [6.45, 7) is 3.10. The molecule has 0 aliphatic carbocycles. The van der Waals surface area contributed by atoms with Crippen LogP contribution < -0.4 is 10.6 Å². The summed E-state index contributed by atoms with van der Waals surface area (Å²) in [6.07, 6.45) is 1.79. The first-order chi connectivity index (χ1) is 11.9. The number of thiazole rings is 1. The molecule has 0 bridgehead atoms. The zero-order chi connectivity index (χ0) is 18.8. The largest absolute Gasteiger partial charge is 0.355 e. The highest BCUT2D eigenvalue weighted by molar-refractivity contribution is 7.98. The number of amides is 2. The van der Waals surface area contributed by atoms with Crippen molar-refractivity contribution < 1.29 is 9.59 Å². The summed E-state index contributed by atoms with van der Waals surface area (Å²) in [5.41, 5.74) is 0.779. The Bertz CT molecular complexity index is 694. The molecule has 0 saturated carbocycles. The number of rotatable bonds is 6. The zero-order valence-corrected chi connectivity index (χ0v) is 15.8. The summed E-state index contributed by atoms with van der Waals surface area (Å²) in [4.78, 5) is 31.9. The van der Waals surface area contributed by atoms with E-state index in [9.17, 15) is 9.59 Å². The molecule has 9 nitrogen and oxygen atoms in total. The van der Waals surface area contributed by atoms with Gasteiger partial charge in [0.1, 0.15) is 0 Å². The number of carbonyl (C=O) groups is 2. The van der Waals surface area contributed by atoms with Crippen LogP contribution in [0.2, 0.25) is 0 Å². The third kappa shape index (κ3) is 6.52. The van der Waals surface area contributed by atoms with E-state index in [1.165, 1.54) is 25.2 Å². The third-order valence-corrected chi connectivity index (χ3v) is 4.68. The molecule has 3 N–H and O–H groups in total. The summed E-state index contributed by atoms with van der Waals surface area (Å²) in [6, 6.07) is 0. The molecular weight excluding hydrogens is 362 g/mol. The minimum absolute atomic E-state index is 0.200. The smallest absolute Gasteiger partial charge is 0.231 e. The predicted molar refractivity (Wildman–Crippen MR) is 98.4 cm³/mol. The average Bonchev–Trinajstić information content (AvgIpc) is 3.01. The van der Waals surface area contributed by atoms with E-state index in [1.807, 2.05) is 0 Å². The van der Waals surface area contributed by atoms with Crippen LogP contribution in [0.15, 0.2) is 10.4 Å². The number of nitrogens with zero attached hydrogens (tertiary/aromatic N) is 4. The number of carbonyl (C=O) groups excluding carboxylic acids is 2. The van der Waals surface area contributed by atoms with Gasteiger partial charge in [-0.1, -0.05) is 0 Å². The lowest BCUT2D eigenvalue weighted by Crippen LogP contribution is -2.38. The van der Waals surface area contributed by atoms with Crippen LogP contribution in [0.4, 0.5) is 0 Å². The summed E-state index contributed by atoms with van der Waals surface area (Å²) in [7, 11) is 1.58. The predicted octanol–water partition coefficient (Wildman–Crippen LogP) is 0.743. The molecule has 0 aliphatic rings. The van der Waals surface area contributed by atoms with Crippen molar-refractivity contribution >= 4 is 46.7 Å². The van der Waals surface area contributed by atoms with Crippen LogP contribution >= 0.6 is 23.1 Å². The number of hydrogen-bond donors (Lipinski definition) is 3. The standard InChI is InChI=1S/C14H19N7O2S2/c1-9(22)21(10(2)23)12(16)13-20-11(7-25-13)6-24-5-4-18-14(17-3)19-8-15/h7,16H,4-6H2,1-3H3,(H2,17,18,19). The number of aromatic nitrogens is 1. The summed E-state index contributed by atoms with van der Waals surface area (Å²) >= 11 is 2.84. The molecule has 134 valence electrons. The maximum absolute atomic E-state index is 11.5. The van der Waals surface area contributed by atoms with Gasteiger partial charge in [-0.05, 0) is 0 Å². The van der Waals surface area contributed by atoms with Gasteiger partial charge in [0.15, 0.2) is 17.0 Å². The quantitative estimate of drug-likeness (QED) is 0.217. The van der Waals surface area contributed by atoms with Crippen molar-refractivity contribution in [3.8, 4) is 6.19 Å². The van der Waals surface area contributed by atoms with Crippen molar-refractivity contribution in [2.24, 2.45) is 4.99 Å². The van der Waals surface area contributed by atoms with Crippen LogP contribution in [-0.4, -0.2) is 52.8 Å². The fourth-order valence-corrected chi connectivity index (χ4v) is 3.37. The maximum atomic E-state index is 11.5. The maximum Gasteiger partial charge on any atom is 0.231 e. The van der Waals surface area contributed by atoms with Crippen LogP contribution in [0, 0.1) is 16.9 Å². The third-order valence-electron chi connectivity index (χ3n) is 2.79. The van der Waals surface area contributed by atoms with Gasteiger partial charge in [0.25, 0.3) is 0 Å². The van der Waals surface area contributed by atoms with Gasteiger partial charge in [-0.3, -0.25) is 25.3 Å². The van der Waals surface area contributed by atoms with Gasteiger partial charge < -0.3 is 5.32 Å². The summed E-state index contributed by atoms with van der Waals surface area (Å²) in [5, 5.41) is 24.0. The molecule has 0 radical (unpaired) electrons. The van der Waals surface area contributed by atoms with Crippen molar-refractivity contribution in [2.45, 2.75) is 19.6 Å². The van der Waals surface area contributed by atoms with E-state index in [4.69, 9.17) is 10.7 Å². The molecule has 0 unspecified atom stereocenters. The molecule has 0 aliphatic heterocycles. The number of thioether (sulfide) groups is 1. The highest BCUT2D eigenvalue weighted by Crippen LogP contribution is 2.17. The van der Waals surface area contributed by atoms with E-state index in [0.717, 1.165) is 16.3 Å². The van der Waals surface area contributed by atoms with E-state index in [2.05, 4.69) is 20.6 Å². The second-order valence-corrected chi connectivity index (χ2v) is 6.62. The molecule has 0 aromatic carbocycles. The summed E-state index contributed by atoms with van der Waals surface area (Å²) in [5.74, 6) is 0.609. The highest BCUT2D eigenvalue weighted by atomic mass is 32.2. The van der Waals surface area contributed by atoms with Crippen LogP contribution in [0.5, 0.6) is 0 Å². The lowest BCUT2D eigenvalue weighted by atomic mass is 10.4. The first-order valence-electron chi connectivity index (χ1n) is 7.18. The van der Waals surface area contributed by atoms with Gasteiger partial charge in [-0.15, -0.1) is 11.3 Å². The Balaban J connectivity index is 2.48. The molecule has 1 heterocycles. The van der Waals surface area contributed by atoms with E-state index in [1.54, 1.807) is 30.4 Å². The SMILES string of the molecule is CN=C(NC#N)NCCSCc1csc(C(=N)N(C(C)=O)C(C)=O)n1. The van der Waals surface area contributed by atoms with E-state index >= 15 is 0 Å². The minimum atomic E-state index is -0.505. The molecule has 25 heavy (non-hydrogen) atoms. The van der Waals surface area contributed by atoms with Crippen LogP contribution in [0.25, 0.3) is 0 Å². The van der Waals surface area contributed by atoms with Crippen molar-refractivity contribution in [1.29, 1.82) is 10.7 Å². The average molecular weight is 381 g/mol. The zero-order valence-electron chi connectivity index (χ0n) is 14.1. The molecule has 1 aromatic heterocycles. The number of hydrogen-bond acceptors (Lipinski definition) is 8. The highest BCUT2D eigenvalue weighted by Gasteiger charge is 2.22. The molecule has 0 atom stereocenters. The van der Waals surface area contributed by atoms with E-state index < -0.39 is 11.8 Å². The normalized spacial score (nSPS) is 10.7. The fourth-order valence-electron chi connectivity index (χ4n) is 1.76. The Morgan fingerprint density at radius 1 is 1.48 bits per heavy atom. The Morgan fingerprint density at radius 3 is 2.72 bits per heavy atom. The Labute approximate surface area is 154 Å². The molecule has 0 saturated heterocycles. The van der Waals surface area contributed by atoms with Gasteiger partial charge in [0.05, 0.1) is 5.69 Å². The first-order valence-corrected chi connectivity index (χ1v) is 9.22. The monoisotopic (exact) mass is 381 g/mol. The lowest BCUT2D eigenvalue weighted by molar-refractivity contribution is -0.137. The number of nitriles is 1. The number of guanidine groups is 1. The molecular formula is C14H19N7O2S2. The lowest BCUT2D eigenvalue weighted by Gasteiger charge is -2.15. The minimum Gasteiger partial charge on any atom is -0.355 e. The van der Waals surface area contributed by atoms with Gasteiger partial charge in [-0.2, -0.15) is 17.0 Å². The van der Waals surface area contributed by atoms with Crippen LogP contribution in [0.3, 0.4) is 0 Å². The molecule has 1 aromatic rings. The second kappa shape index (κ2) is 10.4. The molecule has 2 amide bonds.